The molecule has 0 bridgehead atoms. The van der Waals surface area contributed by atoms with Crippen molar-refractivity contribution in [1.82, 2.24) is 25.3 Å². The Bertz CT molecular complexity index is 907. The Morgan fingerprint density at radius 1 is 1.12 bits per heavy atom. The van der Waals surface area contributed by atoms with Crippen molar-refractivity contribution in [3.8, 4) is 17.1 Å². The Kier molecular flexibility index (Phi) is 4.49. The van der Waals surface area contributed by atoms with Gasteiger partial charge in [0.2, 0.25) is 11.8 Å². The van der Waals surface area contributed by atoms with Gasteiger partial charge < -0.3 is 20.7 Å². The molecule has 3 N–H and O–H groups in total. The van der Waals surface area contributed by atoms with Crippen molar-refractivity contribution in [3.05, 3.63) is 30.5 Å². The van der Waals surface area contributed by atoms with E-state index in [1.807, 2.05) is 6.92 Å². The van der Waals surface area contributed by atoms with Crippen molar-refractivity contribution in [2.75, 3.05) is 43.4 Å². The molecule has 2 aromatic heterocycles. The molecule has 1 fully saturated rings. The van der Waals surface area contributed by atoms with Crippen LogP contribution in [0.5, 0.6) is 5.88 Å². The van der Waals surface area contributed by atoms with E-state index in [0.29, 0.717) is 23.7 Å². The molecule has 3 aromatic rings. The summed E-state index contributed by atoms with van der Waals surface area (Å²) in [5, 5.41) is 3.37. The topological polar surface area (TPSA) is 102 Å². The summed E-state index contributed by atoms with van der Waals surface area (Å²) in [5.74, 6) is 0.491. The standard InChI is InChI=1S/C18H21N7O/c1-2-26-17-15-16(23-18(19)24-17)21-11-14(22-15)12-3-5-13(6-4-12)25-9-7-20-8-10-25/h3-6,11,20H,2,7-10H2,1H3,(H2,19,21,23,24). The number of aromatic nitrogens is 4. The van der Waals surface area contributed by atoms with Crippen LogP contribution >= 0.6 is 0 Å². The fourth-order valence-electron chi connectivity index (χ4n) is 3.04. The largest absolute Gasteiger partial charge is 0.476 e. The molecule has 1 aromatic carbocycles. The third-order valence-electron chi connectivity index (χ3n) is 4.32. The number of ether oxygens (including phenoxy) is 1. The van der Waals surface area contributed by atoms with Gasteiger partial charge in [-0.3, -0.25) is 0 Å². The third-order valence-corrected chi connectivity index (χ3v) is 4.32. The number of piperazine rings is 1. The zero-order valence-corrected chi connectivity index (χ0v) is 14.6. The second-order valence-corrected chi connectivity index (χ2v) is 6.03. The van der Waals surface area contributed by atoms with Crippen LogP contribution in [-0.4, -0.2) is 52.7 Å². The first-order chi connectivity index (χ1) is 12.7. The van der Waals surface area contributed by atoms with Crippen LogP contribution in [0.25, 0.3) is 22.4 Å². The van der Waals surface area contributed by atoms with E-state index >= 15 is 0 Å². The summed E-state index contributed by atoms with van der Waals surface area (Å²) < 4.78 is 5.54. The van der Waals surface area contributed by atoms with Crippen LogP contribution in [0.1, 0.15) is 6.92 Å². The molecule has 0 spiro atoms. The molecule has 134 valence electrons. The highest BCUT2D eigenvalue weighted by molar-refractivity contribution is 5.79. The second-order valence-electron chi connectivity index (χ2n) is 6.03. The Hall–Kier alpha value is -3.00. The predicted octanol–water partition coefficient (Wildman–Crippen LogP) is 1.48. The predicted molar refractivity (Wildman–Crippen MR) is 101 cm³/mol. The average Bonchev–Trinajstić information content (AvgIpc) is 2.69. The molecule has 1 aliphatic rings. The van der Waals surface area contributed by atoms with Crippen LogP contribution in [0.4, 0.5) is 11.6 Å². The lowest BCUT2D eigenvalue weighted by Crippen LogP contribution is -2.43. The number of anilines is 2. The molecule has 3 heterocycles. The maximum atomic E-state index is 5.71. The van der Waals surface area contributed by atoms with Crippen molar-refractivity contribution >= 4 is 22.8 Å². The Morgan fingerprint density at radius 3 is 2.62 bits per heavy atom. The molecule has 0 atom stereocenters. The SMILES string of the molecule is CCOc1nc(N)nc2ncc(-c3ccc(N4CCNCC4)cc3)nc12. The van der Waals surface area contributed by atoms with Gasteiger partial charge in [-0.1, -0.05) is 12.1 Å². The highest BCUT2D eigenvalue weighted by Gasteiger charge is 2.13. The van der Waals surface area contributed by atoms with Crippen LogP contribution < -0.4 is 20.7 Å². The first kappa shape index (κ1) is 16.5. The van der Waals surface area contributed by atoms with Gasteiger partial charge in [-0.15, -0.1) is 0 Å². The molecule has 0 saturated carbocycles. The van der Waals surface area contributed by atoms with Gasteiger partial charge in [0.25, 0.3) is 0 Å². The van der Waals surface area contributed by atoms with E-state index in [9.17, 15) is 0 Å². The average molecular weight is 351 g/mol. The van der Waals surface area contributed by atoms with Crippen molar-refractivity contribution < 1.29 is 4.74 Å². The molecular weight excluding hydrogens is 330 g/mol. The molecule has 0 radical (unpaired) electrons. The summed E-state index contributed by atoms with van der Waals surface area (Å²) in [5.41, 5.74) is 9.61. The van der Waals surface area contributed by atoms with Gasteiger partial charge >= 0.3 is 0 Å². The van der Waals surface area contributed by atoms with E-state index in [2.05, 4.69) is 54.4 Å². The number of hydrogen-bond donors (Lipinski definition) is 2. The molecule has 0 amide bonds. The molecule has 8 nitrogen and oxygen atoms in total. The Morgan fingerprint density at radius 2 is 1.88 bits per heavy atom. The zero-order valence-electron chi connectivity index (χ0n) is 14.6. The number of nitrogens with one attached hydrogen (secondary N) is 1. The summed E-state index contributed by atoms with van der Waals surface area (Å²) in [6.45, 7) is 6.42. The van der Waals surface area contributed by atoms with Crippen LogP contribution in [-0.2, 0) is 0 Å². The third kappa shape index (κ3) is 3.23. The van der Waals surface area contributed by atoms with Gasteiger partial charge in [-0.05, 0) is 19.1 Å². The van der Waals surface area contributed by atoms with Crippen LogP contribution in [0.2, 0.25) is 0 Å². The maximum absolute atomic E-state index is 5.71. The van der Waals surface area contributed by atoms with Crippen LogP contribution in [0.15, 0.2) is 30.5 Å². The highest BCUT2D eigenvalue weighted by atomic mass is 16.5. The van der Waals surface area contributed by atoms with E-state index < -0.39 is 0 Å². The molecule has 0 unspecified atom stereocenters. The summed E-state index contributed by atoms with van der Waals surface area (Å²) in [6, 6.07) is 8.36. The van der Waals surface area contributed by atoms with E-state index in [1.54, 1.807) is 6.20 Å². The van der Waals surface area contributed by atoms with Gasteiger partial charge in [0, 0.05) is 37.4 Å². The fourth-order valence-corrected chi connectivity index (χ4v) is 3.04. The summed E-state index contributed by atoms with van der Waals surface area (Å²) in [7, 11) is 0. The first-order valence-electron chi connectivity index (χ1n) is 8.74. The number of benzene rings is 1. The number of nitrogens with two attached hydrogens (primary N) is 1. The monoisotopic (exact) mass is 351 g/mol. The molecule has 26 heavy (non-hydrogen) atoms. The summed E-state index contributed by atoms with van der Waals surface area (Å²) in [4.78, 5) is 19.7. The molecule has 0 aliphatic carbocycles. The van der Waals surface area contributed by atoms with Gasteiger partial charge in [0.15, 0.2) is 11.2 Å². The van der Waals surface area contributed by atoms with Crippen LogP contribution in [0, 0.1) is 0 Å². The lowest BCUT2D eigenvalue weighted by molar-refractivity contribution is 0.330. The Labute approximate surface area is 151 Å². The van der Waals surface area contributed by atoms with Gasteiger partial charge in [-0.2, -0.15) is 9.97 Å². The molecule has 8 heteroatoms. The number of nitrogen functional groups attached to an aromatic ring is 1. The Balaban J connectivity index is 1.67. The van der Waals surface area contributed by atoms with E-state index in [0.717, 1.165) is 37.4 Å². The molecule has 4 rings (SSSR count). The number of fused-ring (bicyclic) bond motifs is 1. The smallest absolute Gasteiger partial charge is 0.247 e. The van der Waals surface area contributed by atoms with Crippen molar-refractivity contribution in [2.45, 2.75) is 6.92 Å². The van der Waals surface area contributed by atoms with E-state index in [-0.39, 0.29) is 5.95 Å². The van der Waals surface area contributed by atoms with Gasteiger partial charge in [0.1, 0.15) is 0 Å². The summed E-state index contributed by atoms with van der Waals surface area (Å²) in [6.07, 6.45) is 1.70. The van der Waals surface area contributed by atoms with E-state index in [4.69, 9.17) is 10.5 Å². The first-order valence-corrected chi connectivity index (χ1v) is 8.74. The highest BCUT2D eigenvalue weighted by Crippen LogP contribution is 2.26. The minimum absolute atomic E-state index is 0.128. The summed E-state index contributed by atoms with van der Waals surface area (Å²) >= 11 is 0. The normalized spacial score (nSPS) is 14.6. The zero-order chi connectivity index (χ0) is 17.9. The van der Waals surface area contributed by atoms with Gasteiger partial charge in [-0.25, -0.2) is 9.97 Å². The van der Waals surface area contributed by atoms with Crippen molar-refractivity contribution in [2.24, 2.45) is 0 Å². The molecule has 1 saturated heterocycles. The molecule has 1 aliphatic heterocycles. The van der Waals surface area contributed by atoms with Crippen molar-refractivity contribution in [1.29, 1.82) is 0 Å². The molecular formula is C18H21N7O. The number of hydrogen-bond acceptors (Lipinski definition) is 8. The minimum atomic E-state index is 0.128. The lowest BCUT2D eigenvalue weighted by atomic mass is 10.1. The fraction of sp³-hybridized carbons (Fsp3) is 0.333. The quantitative estimate of drug-likeness (QED) is 0.729. The lowest BCUT2D eigenvalue weighted by Gasteiger charge is -2.29. The van der Waals surface area contributed by atoms with Gasteiger partial charge in [0.05, 0.1) is 18.5 Å². The number of rotatable bonds is 4. The van der Waals surface area contributed by atoms with Crippen LogP contribution in [0.3, 0.4) is 0 Å². The van der Waals surface area contributed by atoms with Crippen molar-refractivity contribution in [3.63, 3.8) is 0 Å². The second kappa shape index (κ2) is 7.09. The number of nitrogens with zero attached hydrogens (tertiary/aromatic N) is 5. The van der Waals surface area contributed by atoms with E-state index in [1.165, 1.54) is 5.69 Å². The minimum Gasteiger partial charge on any atom is -0.476 e. The maximum Gasteiger partial charge on any atom is 0.247 e.